The van der Waals surface area contributed by atoms with Gasteiger partial charge in [-0.05, 0) is 37.6 Å². The Morgan fingerprint density at radius 1 is 1.07 bits per heavy atom. The van der Waals surface area contributed by atoms with E-state index in [1.54, 1.807) is 11.1 Å². The lowest BCUT2D eigenvalue weighted by atomic mass is 10.0. The molecule has 0 saturated carbocycles. The van der Waals surface area contributed by atoms with E-state index in [0.29, 0.717) is 32.1 Å². The second-order valence-corrected chi connectivity index (χ2v) is 8.55. The molecule has 7 heteroatoms. The quantitative estimate of drug-likeness (QED) is 0.614. The highest BCUT2D eigenvalue weighted by molar-refractivity contribution is 6.16. The normalized spacial score (nSPS) is 18.6. The fourth-order valence-electron chi connectivity index (χ4n) is 3.55. The molecule has 0 spiro atoms. The molecule has 2 amide bonds. The van der Waals surface area contributed by atoms with E-state index in [1.165, 1.54) is 0 Å². The van der Waals surface area contributed by atoms with Gasteiger partial charge in [-0.2, -0.15) is 0 Å². The average Bonchev–Trinajstić information content (AvgIpc) is 3.07. The molecule has 2 aliphatic rings. The van der Waals surface area contributed by atoms with Gasteiger partial charge in [0, 0.05) is 43.5 Å². The Hall–Kier alpha value is -3.35. The minimum atomic E-state index is -0.453. The molecule has 1 fully saturated rings. The van der Waals surface area contributed by atoms with Crippen molar-refractivity contribution in [2.24, 2.45) is 4.99 Å². The van der Waals surface area contributed by atoms with Crippen LogP contribution in [0, 0.1) is 0 Å². The van der Waals surface area contributed by atoms with E-state index in [2.05, 4.69) is 10.3 Å². The van der Waals surface area contributed by atoms with Crippen LogP contribution in [0.4, 0.5) is 4.79 Å². The third-order valence-corrected chi connectivity index (χ3v) is 5.03. The number of hydrogen-bond donors (Lipinski definition) is 1. The van der Waals surface area contributed by atoms with E-state index >= 15 is 0 Å². The number of ether oxygens (including phenoxy) is 1. The van der Waals surface area contributed by atoms with Crippen molar-refractivity contribution in [1.29, 1.82) is 0 Å². The summed E-state index contributed by atoms with van der Waals surface area (Å²) < 4.78 is 5.47. The number of carbonyl (C=O) groups is 2. The lowest BCUT2D eigenvalue weighted by molar-refractivity contribution is -0.130. The molecule has 2 aromatic rings. The predicted molar refractivity (Wildman–Crippen MR) is 116 cm³/mol. The molecule has 156 valence electrons. The van der Waals surface area contributed by atoms with Crippen molar-refractivity contribution < 1.29 is 14.3 Å². The third-order valence-electron chi connectivity index (χ3n) is 5.03. The molecule has 1 saturated heterocycles. The Labute approximate surface area is 176 Å². The lowest BCUT2D eigenvalue weighted by Gasteiger charge is -2.35. The Morgan fingerprint density at radius 2 is 1.77 bits per heavy atom. The number of esters is 1. The van der Waals surface area contributed by atoms with Gasteiger partial charge in [0.15, 0.2) is 5.70 Å². The van der Waals surface area contributed by atoms with Gasteiger partial charge in [-0.1, -0.05) is 36.4 Å². The number of fused-ring (bicyclic) bond motifs is 1. The minimum absolute atomic E-state index is 0.0636. The van der Waals surface area contributed by atoms with Gasteiger partial charge in [0.05, 0.1) is 0 Å². The smallest absolute Gasteiger partial charge is 0.365 e. The molecule has 30 heavy (non-hydrogen) atoms. The number of cyclic esters (lactones) is 1. The number of nitrogens with zero attached hydrogens (tertiary/aromatic N) is 3. The second kappa shape index (κ2) is 7.82. The van der Waals surface area contributed by atoms with Crippen LogP contribution in [0.5, 0.6) is 0 Å². The van der Waals surface area contributed by atoms with Crippen molar-refractivity contribution in [3.8, 4) is 0 Å². The Kier molecular flexibility index (Phi) is 5.20. The van der Waals surface area contributed by atoms with E-state index in [9.17, 15) is 9.59 Å². The number of hydrogen-bond acceptors (Lipinski definition) is 5. The summed E-state index contributed by atoms with van der Waals surface area (Å²) in [5, 5.41) is 5.04. The summed E-state index contributed by atoms with van der Waals surface area (Å²) in [7, 11) is 0. The topological polar surface area (TPSA) is 74.2 Å². The zero-order chi connectivity index (χ0) is 21.3. The first-order valence-electron chi connectivity index (χ1n) is 10.1. The average molecular weight is 406 g/mol. The maximum atomic E-state index is 12.4. The highest BCUT2D eigenvalue weighted by Crippen LogP contribution is 2.24. The first-order valence-corrected chi connectivity index (χ1v) is 10.1. The van der Waals surface area contributed by atoms with Crippen molar-refractivity contribution in [1.82, 2.24) is 15.1 Å². The van der Waals surface area contributed by atoms with Crippen LogP contribution < -0.4 is 5.32 Å². The largest absolute Gasteiger partial charge is 0.402 e. The minimum Gasteiger partial charge on any atom is -0.402 e. The summed E-state index contributed by atoms with van der Waals surface area (Å²) in [6, 6.07) is 13.7. The van der Waals surface area contributed by atoms with Gasteiger partial charge in [-0.3, -0.25) is 0 Å². The molecule has 0 aliphatic carbocycles. The number of urea groups is 1. The summed E-state index contributed by atoms with van der Waals surface area (Å²) in [5.41, 5.74) is 0.815. The Morgan fingerprint density at radius 3 is 2.50 bits per heavy atom. The molecule has 0 bridgehead atoms. The fourth-order valence-corrected chi connectivity index (χ4v) is 3.55. The molecule has 0 atom stereocenters. The molecule has 0 aromatic heterocycles. The third kappa shape index (κ3) is 4.30. The maximum Gasteiger partial charge on any atom is 0.365 e. The maximum absolute atomic E-state index is 12.4. The first kappa shape index (κ1) is 19.9. The van der Waals surface area contributed by atoms with Gasteiger partial charge < -0.3 is 19.9 Å². The van der Waals surface area contributed by atoms with E-state index < -0.39 is 5.97 Å². The number of piperazine rings is 1. The van der Waals surface area contributed by atoms with Crippen LogP contribution in [0.3, 0.4) is 0 Å². The van der Waals surface area contributed by atoms with E-state index in [-0.39, 0.29) is 17.3 Å². The number of benzene rings is 2. The van der Waals surface area contributed by atoms with Gasteiger partial charge in [0.2, 0.25) is 5.90 Å². The number of nitrogens with one attached hydrogen (secondary N) is 1. The van der Waals surface area contributed by atoms with Crippen LogP contribution in [0.2, 0.25) is 0 Å². The van der Waals surface area contributed by atoms with E-state index in [4.69, 9.17) is 4.74 Å². The van der Waals surface area contributed by atoms with Crippen LogP contribution in [0.25, 0.3) is 10.8 Å². The zero-order valence-corrected chi connectivity index (χ0v) is 17.5. The first-order chi connectivity index (χ1) is 14.3. The molecule has 1 N–H and O–H groups in total. The summed E-state index contributed by atoms with van der Waals surface area (Å²) in [4.78, 5) is 33.0. The molecule has 0 radical (unpaired) electrons. The molecule has 2 heterocycles. The SMILES string of the molecule is CC(C)(C)NC(=O)N1CCN(C=C2N=C(c3cccc4ccccc34)OC2=O)CC1. The molecular formula is C23H26N4O3. The highest BCUT2D eigenvalue weighted by Gasteiger charge is 2.28. The number of carbonyl (C=O) groups excluding carboxylic acids is 2. The number of rotatable bonds is 2. The number of aliphatic imine (C=N–C) groups is 1. The van der Waals surface area contributed by atoms with Crippen molar-refractivity contribution in [2.75, 3.05) is 26.2 Å². The number of amides is 2. The molecule has 7 nitrogen and oxygen atoms in total. The van der Waals surface area contributed by atoms with Crippen molar-refractivity contribution in [2.45, 2.75) is 26.3 Å². The van der Waals surface area contributed by atoms with Crippen LogP contribution in [0.15, 0.2) is 59.4 Å². The fraction of sp³-hybridized carbons (Fsp3) is 0.348. The van der Waals surface area contributed by atoms with Crippen molar-refractivity contribution in [3.05, 3.63) is 59.9 Å². The Bertz CT molecular complexity index is 1040. The monoisotopic (exact) mass is 406 g/mol. The summed E-state index contributed by atoms with van der Waals surface area (Å²) in [5.74, 6) is -0.128. The molecule has 0 unspecified atom stereocenters. The van der Waals surface area contributed by atoms with Gasteiger partial charge in [-0.25, -0.2) is 14.6 Å². The van der Waals surface area contributed by atoms with Gasteiger partial charge in [0.25, 0.3) is 0 Å². The van der Waals surface area contributed by atoms with E-state index in [0.717, 1.165) is 16.3 Å². The summed E-state index contributed by atoms with van der Waals surface area (Å²) in [6.45, 7) is 8.32. The van der Waals surface area contributed by atoms with Crippen LogP contribution in [0.1, 0.15) is 26.3 Å². The Balaban J connectivity index is 1.47. The predicted octanol–water partition coefficient (Wildman–Crippen LogP) is 3.11. The zero-order valence-electron chi connectivity index (χ0n) is 17.5. The van der Waals surface area contributed by atoms with Gasteiger partial charge >= 0.3 is 12.0 Å². The van der Waals surface area contributed by atoms with E-state index in [1.807, 2.05) is 68.1 Å². The van der Waals surface area contributed by atoms with Crippen LogP contribution in [-0.2, 0) is 9.53 Å². The summed E-state index contributed by atoms with van der Waals surface area (Å²) >= 11 is 0. The second-order valence-electron chi connectivity index (χ2n) is 8.55. The van der Waals surface area contributed by atoms with Crippen molar-refractivity contribution in [3.63, 3.8) is 0 Å². The lowest BCUT2D eigenvalue weighted by Crippen LogP contribution is -2.54. The van der Waals surface area contributed by atoms with Crippen molar-refractivity contribution >= 4 is 28.7 Å². The molecular weight excluding hydrogens is 380 g/mol. The van der Waals surface area contributed by atoms with Crippen LogP contribution >= 0.6 is 0 Å². The van der Waals surface area contributed by atoms with Crippen LogP contribution in [-0.4, -0.2) is 59.4 Å². The standard InChI is InChI=1S/C23H26N4O3/c1-23(2,3)25-22(29)27-13-11-26(12-14-27)15-19-21(28)30-20(24-19)18-10-6-8-16-7-4-5-9-17(16)18/h4-10,15H,11-14H2,1-3H3,(H,25,29). The molecule has 4 rings (SSSR count). The van der Waals surface area contributed by atoms with Gasteiger partial charge in [-0.15, -0.1) is 0 Å². The highest BCUT2D eigenvalue weighted by atomic mass is 16.6. The molecule has 2 aromatic carbocycles. The summed E-state index contributed by atoms with van der Waals surface area (Å²) in [6.07, 6.45) is 1.74. The van der Waals surface area contributed by atoms with Gasteiger partial charge in [0.1, 0.15) is 0 Å². The molecule has 2 aliphatic heterocycles.